The third kappa shape index (κ3) is 3.81. The van der Waals surface area contributed by atoms with E-state index in [-0.39, 0.29) is 16.7 Å². The molecular weight excluding hydrogens is 448 g/mol. The molecule has 1 unspecified atom stereocenters. The lowest BCUT2D eigenvalue weighted by atomic mass is 9.84. The molecule has 1 aliphatic rings. The molecule has 36 heavy (non-hydrogen) atoms. The van der Waals surface area contributed by atoms with Crippen molar-refractivity contribution in [3.63, 3.8) is 0 Å². The number of carbonyl (C=O) groups is 2. The molecule has 0 spiro atoms. The summed E-state index contributed by atoms with van der Waals surface area (Å²) in [6, 6.07) is 20.4. The molecule has 182 valence electrons. The number of nitrogens with one attached hydrogen (secondary N) is 1. The van der Waals surface area contributed by atoms with Crippen LogP contribution in [0.3, 0.4) is 0 Å². The normalized spacial score (nSPS) is 17.8. The molecule has 1 aromatic heterocycles. The minimum absolute atomic E-state index is 0.0967. The van der Waals surface area contributed by atoms with Gasteiger partial charge < -0.3 is 10.1 Å². The van der Waals surface area contributed by atoms with Crippen LogP contribution in [-0.2, 0) is 15.0 Å². The van der Waals surface area contributed by atoms with Gasteiger partial charge >= 0.3 is 0 Å². The van der Waals surface area contributed by atoms with E-state index in [1.54, 1.807) is 0 Å². The number of hydrogen-bond donors (Lipinski definition) is 2. The van der Waals surface area contributed by atoms with Crippen LogP contribution in [0.25, 0.3) is 16.7 Å². The molecule has 5 nitrogen and oxygen atoms in total. The third-order valence-electron chi connectivity index (χ3n) is 7.03. The number of Topliss-reactive ketones (excluding diaryl/α,β-unsaturated/α-hetero) is 1. The number of ketones is 1. The SMILES string of the molecule is Cc1ccc(N2C(=O)C(=O)/C(=C(/O)c3cc(C(C)(C)C)ccc3C)C2c2c[nH]c3ccccc23)cc1. The smallest absolute Gasteiger partial charge is 0.300 e. The van der Waals surface area contributed by atoms with Gasteiger partial charge in [0, 0.05) is 33.9 Å². The highest BCUT2D eigenvalue weighted by molar-refractivity contribution is 6.52. The molecule has 1 saturated heterocycles. The van der Waals surface area contributed by atoms with Crippen LogP contribution in [0.2, 0.25) is 0 Å². The van der Waals surface area contributed by atoms with Gasteiger partial charge in [-0.25, -0.2) is 0 Å². The van der Waals surface area contributed by atoms with Crippen LogP contribution in [0, 0.1) is 13.8 Å². The van der Waals surface area contributed by atoms with Gasteiger partial charge in [0.2, 0.25) is 0 Å². The van der Waals surface area contributed by atoms with Crippen molar-refractivity contribution in [2.75, 3.05) is 4.90 Å². The minimum Gasteiger partial charge on any atom is -0.507 e. The Morgan fingerprint density at radius 3 is 2.33 bits per heavy atom. The average molecular weight is 479 g/mol. The van der Waals surface area contributed by atoms with Crippen molar-refractivity contribution in [2.45, 2.75) is 46.1 Å². The topological polar surface area (TPSA) is 73.4 Å². The number of aliphatic hydroxyl groups excluding tert-OH is 1. The van der Waals surface area contributed by atoms with Crippen molar-refractivity contribution >= 4 is 34.0 Å². The van der Waals surface area contributed by atoms with E-state index >= 15 is 0 Å². The first-order valence-corrected chi connectivity index (χ1v) is 12.1. The largest absolute Gasteiger partial charge is 0.507 e. The number of amides is 1. The Hall–Kier alpha value is -4.12. The number of H-pyrrole nitrogens is 1. The van der Waals surface area contributed by atoms with Crippen LogP contribution in [0.15, 0.2) is 78.5 Å². The first-order valence-electron chi connectivity index (χ1n) is 12.1. The molecule has 1 fully saturated rings. The van der Waals surface area contributed by atoms with E-state index < -0.39 is 17.7 Å². The van der Waals surface area contributed by atoms with Crippen LogP contribution in [0.1, 0.15) is 54.6 Å². The van der Waals surface area contributed by atoms with Crippen molar-refractivity contribution in [1.29, 1.82) is 0 Å². The maximum absolute atomic E-state index is 13.6. The van der Waals surface area contributed by atoms with Gasteiger partial charge in [0.05, 0.1) is 11.6 Å². The second kappa shape index (κ2) is 8.52. The van der Waals surface area contributed by atoms with Crippen molar-refractivity contribution < 1.29 is 14.7 Å². The van der Waals surface area contributed by atoms with Gasteiger partial charge in [-0.2, -0.15) is 0 Å². The summed E-state index contributed by atoms with van der Waals surface area (Å²) in [7, 11) is 0. The van der Waals surface area contributed by atoms with Crippen molar-refractivity contribution in [3.8, 4) is 0 Å². The molecule has 0 radical (unpaired) electrons. The first-order chi connectivity index (χ1) is 17.1. The first kappa shape index (κ1) is 23.6. The summed E-state index contributed by atoms with van der Waals surface area (Å²) < 4.78 is 0. The van der Waals surface area contributed by atoms with Crippen molar-refractivity contribution in [3.05, 3.63) is 106 Å². The monoisotopic (exact) mass is 478 g/mol. The maximum Gasteiger partial charge on any atom is 0.300 e. The number of carbonyl (C=O) groups excluding carboxylic acids is 2. The number of hydrogen-bond acceptors (Lipinski definition) is 3. The Labute approximate surface area is 211 Å². The highest BCUT2D eigenvalue weighted by Gasteiger charge is 2.47. The molecule has 0 saturated carbocycles. The molecule has 0 aliphatic carbocycles. The number of aliphatic hydroxyl groups is 1. The van der Waals surface area contributed by atoms with Gasteiger partial charge in [-0.3, -0.25) is 14.5 Å². The molecule has 1 amide bonds. The zero-order chi connectivity index (χ0) is 25.8. The summed E-state index contributed by atoms with van der Waals surface area (Å²) in [5, 5.41) is 12.6. The van der Waals surface area contributed by atoms with Gasteiger partial charge in [0.1, 0.15) is 5.76 Å². The van der Waals surface area contributed by atoms with Crippen molar-refractivity contribution in [1.82, 2.24) is 4.98 Å². The van der Waals surface area contributed by atoms with Gasteiger partial charge in [-0.1, -0.05) is 68.8 Å². The summed E-state index contributed by atoms with van der Waals surface area (Å²) in [6.07, 6.45) is 1.83. The number of anilines is 1. The second-order valence-electron chi connectivity index (χ2n) is 10.6. The number of aromatic nitrogens is 1. The van der Waals surface area contributed by atoms with Crippen LogP contribution >= 0.6 is 0 Å². The predicted molar refractivity (Wildman–Crippen MR) is 144 cm³/mol. The Morgan fingerprint density at radius 2 is 1.64 bits per heavy atom. The van der Waals surface area contributed by atoms with E-state index in [9.17, 15) is 14.7 Å². The van der Waals surface area contributed by atoms with Gasteiger partial charge in [0.15, 0.2) is 0 Å². The number of rotatable bonds is 3. The van der Waals surface area contributed by atoms with E-state index in [1.165, 1.54) is 4.90 Å². The number of benzene rings is 3. The predicted octanol–water partition coefficient (Wildman–Crippen LogP) is 6.71. The molecule has 2 heterocycles. The van der Waals surface area contributed by atoms with E-state index in [0.29, 0.717) is 11.3 Å². The molecule has 0 bridgehead atoms. The molecular formula is C31H30N2O3. The highest BCUT2D eigenvalue weighted by atomic mass is 16.3. The van der Waals surface area contributed by atoms with Crippen LogP contribution < -0.4 is 4.90 Å². The average Bonchev–Trinajstić information content (AvgIpc) is 3.37. The van der Waals surface area contributed by atoms with E-state index in [2.05, 4.69) is 25.8 Å². The summed E-state index contributed by atoms with van der Waals surface area (Å²) in [5.74, 6) is -1.49. The maximum atomic E-state index is 13.6. The van der Waals surface area contributed by atoms with Gasteiger partial charge in [0.25, 0.3) is 11.7 Å². The second-order valence-corrected chi connectivity index (χ2v) is 10.6. The Morgan fingerprint density at radius 1 is 0.944 bits per heavy atom. The van der Waals surface area contributed by atoms with E-state index in [4.69, 9.17) is 0 Å². The fraction of sp³-hybridized carbons (Fsp3) is 0.226. The summed E-state index contributed by atoms with van der Waals surface area (Å²) in [5.41, 5.74) is 5.70. The zero-order valence-electron chi connectivity index (χ0n) is 21.2. The standard InChI is InChI=1S/C31H30N2O3/c1-18-10-14-21(15-11-18)33-27(24-17-32-25-9-7-6-8-22(24)25)26(29(35)30(33)36)28(34)23-16-20(31(3,4)5)13-12-19(23)2/h6-17,27,32,34H,1-5H3/b28-26+. The molecule has 1 aliphatic heterocycles. The highest BCUT2D eigenvalue weighted by Crippen LogP contribution is 2.44. The summed E-state index contributed by atoms with van der Waals surface area (Å²) in [4.78, 5) is 31.9. The number of aromatic amines is 1. The van der Waals surface area contributed by atoms with Gasteiger partial charge in [-0.15, -0.1) is 0 Å². The Bertz CT molecular complexity index is 1530. The van der Waals surface area contributed by atoms with Crippen LogP contribution in [0.4, 0.5) is 5.69 Å². The fourth-order valence-electron chi connectivity index (χ4n) is 4.91. The molecule has 3 aromatic carbocycles. The van der Waals surface area contributed by atoms with Gasteiger partial charge in [-0.05, 0) is 54.7 Å². The lowest BCUT2D eigenvalue weighted by Gasteiger charge is -2.25. The fourth-order valence-corrected chi connectivity index (χ4v) is 4.91. The lowest BCUT2D eigenvalue weighted by molar-refractivity contribution is -0.132. The van der Waals surface area contributed by atoms with Crippen LogP contribution in [-0.4, -0.2) is 21.8 Å². The Kier molecular flexibility index (Phi) is 5.59. The molecule has 2 N–H and O–H groups in total. The van der Waals surface area contributed by atoms with Crippen molar-refractivity contribution in [2.24, 2.45) is 0 Å². The van der Waals surface area contributed by atoms with E-state index in [0.717, 1.165) is 33.2 Å². The number of aryl methyl sites for hydroxylation is 2. The summed E-state index contributed by atoms with van der Waals surface area (Å²) >= 11 is 0. The molecule has 1 atom stereocenters. The molecule has 4 aromatic rings. The minimum atomic E-state index is -0.776. The number of nitrogens with zero attached hydrogens (tertiary/aromatic N) is 1. The van der Waals surface area contributed by atoms with E-state index in [1.807, 2.05) is 86.8 Å². The Balaban J connectivity index is 1.79. The summed E-state index contributed by atoms with van der Waals surface area (Å²) in [6.45, 7) is 10.2. The number of para-hydroxylation sites is 1. The quantitative estimate of drug-likeness (QED) is 0.195. The lowest BCUT2D eigenvalue weighted by Crippen LogP contribution is -2.29. The molecule has 5 heteroatoms. The zero-order valence-corrected chi connectivity index (χ0v) is 21.2. The third-order valence-corrected chi connectivity index (χ3v) is 7.03. The number of fused-ring (bicyclic) bond motifs is 1. The molecule has 5 rings (SSSR count). The van der Waals surface area contributed by atoms with Crippen LogP contribution in [0.5, 0.6) is 0 Å².